The van der Waals surface area contributed by atoms with E-state index in [0.717, 1.165) is 72.5 Å². The zero-order chi connectivity index (χ0) is 26.6. The summed E-state index contributed by atoms with van der Waals surface area (Å²) < 4.78 is 6.12. The highest BCUT2D eigenvalue weighted by Crippen LogP contribution is 2.41. The summed E-state index contributed by atoms with van der Waals surface area (Å²) in [7, 11) is 1.82. The fraction of sp³-hybridized carbons (Fsp3) is 0.533. The van der Waals surface area contributed by atoms with Gasteiger partial charge in [0.05, 0.1) is 47.5 Å². The van der Waals surface area contributed by atoms with Crippen LogP contribution in [0.25, 0.3) is 5.57 Å². The molecule has 1 unspecified atom stereocenters. The monoisotopic (exact) mass is 512 g/mol. The largest absolute Gasteiger partial charge is 0.444 e. The quantitative estimate of drug-likeness (QED) is 0.542. The number of rotatable bonds is 5. The summed E-state index contributed by atoms with van der Waals surface area (Å²) in [4.78, 5) is 28.7. The molecule has 8 heteroatoms. The van der Waals surface area contributed by atoms with Gasteiger partial charge in [-0.05, 0) is 42.7 Å². The second kappa shape index (κ2) is 9.39. The summed E-state index contributed by atoms with van der Waals surface area (Å²) in [6.07, 6.45) is 8.44. The van der Waals surface area contributed by atoms with Crippen molar-refractivity contribution in [1.82, 2.24) is 19.8 Å². The van der Waals surface area contributed by atoms with Gasteiger partial charge in [0.15, 0.2) is 5.89 Å². The summed E-state index contributed by atoms with van der Waals surface area (Å²) in [6.45, 7) is 10.1. The second-order valence-corrected chi connectivity index (χ2v) is 12.4. The van der Waals surface area contributed by atoms with Crippen molar-refractivity contribution in [1.29, 1.82) is 5.26 Å². The van der Waals surface area contributed by atoms with Crippen LogP contribution in [0.4, 0.5) is 10.5 Å². The van der Waals surface area contributed by atoms with E-state index >= 15 is 0 Å². The number of amides is 2. The molecule has 4 aliphatic rings. The first-order chi connectivity index (χ1) is 18.2. The maximum Gasteiger partial charge on any atom is 0.324 e. The lowest BCUT2D eigenvalue weighted by molar-refractivity contribution is 0.206. The molecule has 198 valence electrons. The number of nitrogens with zero attached hydrogens (tertiary/aromatic N) is 6. The molecule has 0 radical (unpaired) electrons. The number of hydrogen-bond donors (Lipinski definition) is 0. The molecule has 2 aromatic heterocycles. The van der Waals surface area contributed by atoms with Crippen LogP contribution in [-0.4, -0.2) is 52.5 Å². The number of allylic oxidation sites excluding steroid dienone is 3. The number of urea groups is 1. The van der Waals surface area contributed by atoms with Gasteiger partial charge in [0.2, 0.25) is 0 Å². The van der Waals surface area contributed by atoms with E-state index in [0.29, 0.717) is 24.6 Å². The van der Waals surface area contributed by atoms with Gasteiger partial charge in [-0.2, -0.15) is 5.26 Å². The lowest BCUT2D eigenvalue weighted by atomic mass is 9.88. The third-order valence-electron chi connectivity index (χ3n) is 7.78. The maximum absolute atomic E-state index is 12.9. The average Bonchev–Trinajstić information content (AvgIpc) is 3.65. The summed E-state index contributed by atoms with van der Waals surface area (Å²) in [5, 5.41) is 9.90. The lowest BCUT2D eigenvalue weighted by Crippen LogP contribution is -2.48. The molecule has 2 amide bonds. The van der Waals surface area contributed by atoms with Crippen LogP contribution in [-0.2, 0) is 19.5 Å². The van der Waals surface area contributed by atoms with E-state index in [1.807, 2.05) is 24.1 Å². The minimum atomic E-state index is -0.0417. The Kier molecular flexibility index (Phi) is 6.14. The Balaban J connectivity index is 1.23. The molecule has 1 fully saturated rings. The highest BCUT2D eigenvalue weighted by atomic mass is 16.4. The SMILES string of the molecule is CN1Cc2nc(C3=CC(CN4CCc5nc(C6CC6)oc5C4)CC=C3C#N)ccc2N(CC(C)(C)C)C1=O. The topological polar surface area (TPSA) is 89.5 Å². The summed E-state index contributed by atoms with van der Waals surface area (Å²) >= 11 is 0. The van der Waals surface area contributed by atoms with Crippen LogP contribution in [0.2, 0.25) is 0 Å². The van der Waals surface area contributed by atoms with Gasteiger partial charge in [-0.3, -0.25) is 9.80 Å². The molecule has 4 heterocycles. The molecule has 38 heavy (non-hydrogen) atoms. The Morgan fingerprint density at radius 1 is 1.16 bits per heavy atom. The fourth-order valence-electron chi connectivity index (χ4n) is 5.72. The molecule has 8 nitrogen and oxygen atoms in total. The molecular weight excluding hydrogens is 476 g/mol. The van der Waals surface area contributed by atoms with E-state index in [1.165, 1.54) is 12.8 Å². The molecule has 0 N–H and O–H groups in total. The zero-order valence-corrected chi connectivity index (χ0v) is 22.8. The lowest BCUT2D eigenvalue weighted by Gasteiger charge is -2.38. The van der Waals surface area contributed by atoms with E-state index in [1.54, 1.807) is 4.90 Å². The summed E-state index contributed by atoms with van der Waals surface area (Å²) in [5.41, 5.74) is 5.19. The van der Waals surface area contributed by atoms with Gasteiger partial charge in [0, 0.05) is 44.6 Å². The van der Waals surface area contributed by atoms with E-state index in [9.17, 15) is 10.1 Å². The number of oxazole rings is 1. The number of carbonyl (C=O) groups is 1. The third kappa shape index (κ3) is 4.88. The van der Waals surface area contributed by atoms with Crippen LogP contribution in [0.3, 0.4) is 0 Å². The molecular formula is C30H36N6O2. The average molecular weight is 513 g/mol. The molecule has 6 rings (SSSR count). The number of anilines is 1. The van der Waals surface area contributed by atoms with Crippen molar-refractivity contribution < 1.29 is 9.21 Å². The van der Waals surface area contributed by atoms with E-state index in [4.69, 9.17) is 14.4 Å². The molecule has 0 spiro atoms. The first kappa shape index (κ1) is 24.9. The van der Waals surface area contributed by atoms with E-state index < -0.39 is 0 Å². The van der Waals surface area contributed by atoms with Crippen molar-refractivity contribution >= 4 is 17.3 Å². The molecule has 0 saturated heterocycles. The van der Waals surface area contributed by atoms with Crippen molar-refractivity contribution in [2.45, 2.75) is 65.5 Å². The molecule has 2 aliphatic heterocycles. The van der Waals surface area contributed by atoms with Crippen molar-refractivity contribution in [2.75, 3.05) is 31.6 Å². The van der Waals surface area contributed by atoms with Gasteiger partial charge in [-0.15, -0.1) is 0 Å². The van der Waals surface area contributed by atoms with Gasteiger partial charge >= 0.3 is 6.03 Å². The summed E-state index contributed by atoms with van der Waals surface area (Å²) in [5.74, 6) is 2.79. The Hall–Kier alpha value is -3.44. The Morgan fingerprint density at radius 2 is 1.97 bits per heavy atom. The van der Waals surface area contributed by atoms with Gasteiger partial charge in [-0.1, -0.05) is 32.9 Å². The maximum atomic E-state index is 12.9. The van der Waals surface area contributed by atoms with Crippen LogP contribution in [0, 0.1) is 22.7 Å². The normalized spacial score (nSPS) is 22.0. The van der Waals surface area contributed by atoms with Crippen molar-refractivity contribution in [2.24, 2.45) is 11.3 Å². The summed E-state index contributed by atoms with van der Waals surface area (Å²) in [6, 6.07) is 6.35. The zero-order valence-electron chi connectivity index (χ0n) is 22.8. The van der Waals surface area contributed by atoms with E-state index in [-0.39, 0.29) is 17.4 Å². The van der Waals surface area contributed by atoms with Gasteiger partial charge in [-0.25, -0.2) is 14.8 Å². The van der Waals surface area contributed by atoms with E-state index in [2.05, 4.69) is 43.9 Å². The van der Waals surface area contributed by atoms with Gasteiger partial charge < -0.3 is 9.32 Å². The number of carbonyl (C=O) groups excluding carboxylic acids is 1. The molecule has 0 bridgehead atoms. The molecule has 2 aliphatic carbocycles. The first-order valence-electron chi connectivity index (χ1n) is 13.7. The second-order valence-electron chi connectivity index (χ2n) is 12.4. The van der Waals surface area contributed by atoms with Crippen LogP contribution in [0.15, 0.2) is 34.3 Å². The highest BCUT2D eigenvalue weighted by Gasteiger charge is 2.34. The number of hydrogen-bond acceptors (Lipinski definition) is 6. The standard InChI is InChI=1S/C30H36N6O2/c1-30(2,3)18-36-26-10-9-23(32-25(26)16-34(4)29(36)37)22-13-19(5-6-21(22)14-31)15-35-12-11-24-27(17-35)38-28(33-24)20-7-8-20/h6,9-10,13,19-20H,5,7-8,11-12,15-18H2,1-4H3. The predicted octanol–water partition coefficient (Wildman–Crippen LogP) is 5.28. The van der Waals surface area contributed by atoms with Crippen LogP contribution < -0.4 is 4.90 Å². The Bertz CT molecular complexity index is 1370. The predicted molar refractivity (Wildman–Crippen MR) is 145 cm³/mol. The Labute approximate surface area is 224 Å². The molecule has 2 aromatic rings. The Morgan fingerprint density at radius 3 is 2.71 bits per heavy atom. The first-order valence-corrected chi connectivity index (χ1v) is 13.7. The highest BCUT2D eigenvalue weighted by molar-refractivity contribution is 5.95. The number of pyridine rings is 1. The number of aromatic nitrogens is 2. The number of nitriles is 1. The van der Waals surface area contributed by atoms with Crippen LogP contribution in [0.1, 0.15) is 74.7 Å². The minimum Gasteiger partial charge on any atom is -0.444 e. The van der Waals surface area contributed by atoms with Crippen molar-refractivity contribution in [3.05, 3.63) is 58.6 Å². The minimum absolute atomic E-state index is 0.00257. The third-order valence-corrected chi connectivity index (χ3v) is 7.78. The van der Waals surface area contributed by atoms with Gasteiger partial charge in [0.1, 0.15) is 5.76 Å². The van der Waals surface area contributed by atoms with Crippen LogP contribution in [0.5, 0.6) is 0 Å². The van der Waals surface area contributed by atoms with Gasteiger partial charge in [0.25, 0.3) is 0 Å². The smallest absolute Gasteiger partial charge is 0.324 e. The molecule has 0 aromatic carbocycles. The fourth-order valence-corrected chi connectivity index (χ4v) is 5.72. The van der Waals surface area contributed by atoms with Crippen molar-refractivity contribution in [3.63, 3.8) is 0 Å². The molecule has 1 saturated carbocycles. The number of fused-ring (bicyclic) bond motifs is 2. The molecule has 1 atom stereocenters. The van der Waals surface area contributed by atoms with Crippen LogP contribution >= 0.6 is 0 Å². The van der Waals surface area contributed by atoms with Crippen molar-refractivity contribution in [3.8, 4) is 6.07 Å².